The van der Waals surface area contributed by atoms with Crippen LogP contribution < -0.4 is 4.57 Å². The standard InChI is InChI=1S/C16H19NS/c1-10-6-13(4)16(17(5)9-10)14-8-15(18)12(3)7-11(14)2/h6-9H,1-5H3/p+1. The summed E-state index contributed by atoms with van der Waals surface area (Å²) in [7, 11) is 2.10. The fourth-order valence-corrected chi connectivity index (χ4v) is 2.79. The normalized spacial score (nSPS) is 10.8. The maximum absolute atomic E-state index is 4.54. The molecule has 0 atom stereocenters. The third-order valence-corrected chi connectivity index (χ3v) is 3.85. The highest BCUT2D eigenvalue weighted by atomic mass is 32.1. The number of nitrogens with zero attached hydrogens (tertiary/aromatic N) is 1. The predicted molar refractivity (Wildman–Crippen MR) is 79.3 cm³/mol. The van der Waals surface area contributed by atoms with Gasteiger partial charge in [-0.15, -0.1) is 12.6 Å². The topological polar surface area (TPSA) is 3.88 Å². The van der Waals surface area contributed by atoms with E-state index in [2.05, 4.69) is 76.3 Å². The zero-order valence-electron chi connectivity index (χ0n) is 11.7. The van der Waals surface area contributed by atoms with Crippen molar-refractivity contribution >= 4 is 12.6 Å². The number of aromatic nitrogens is 1. The molecule has 0 unspecified atom stereocenters. The number of aryl methyl sites for hydroxylation is 5. The fourth-order valence-electron chi connectivity index (χ4n) is 2.59. The van der Waals surface area contributed by atoms with Crippen LogP contribution in [0.5, 0.6) is 0 Å². The number of rotatable bonds is 1. The van der Waals surface area contributed by atoms with Crippen molar-refractivity contribution in [2.45, 2.75) is 32.6 Å². The maximum atomic E-state index is 4.54. The minimum atomic E-state index is 1.05. The van der Waals surface area contributed by atoms with Crippen LogP contribution in [0.15, 0.2) is 29.3 Å². The Kier molecular flexibility index (Phi) is 3.49. The summed E-state index contributed by atoms with van der Waals surface area (Å²) in [6.07, 6.45) is 2.17. The van der Waals surface area contributed by atoms with Crippen molar-refractivity contribution in [2.24, 2.45) is 7.05 Å². The van der Waals surface area contributed by atoms with E-state index in [4.69, 9.17) is 0 Å². The number of thiol groups is 1. The third-order valence-electron chi connectivity index (χ3n) is 3.37. The summed E-state index contributed by atoms with van der Waals surface area (Å²) < 4.78 is 2.20. The quantitative estimate of drug-likeness (QED) is 0.587. The van der Waals surface area contributed by atoms with E-state index in [1.807, 2.05) is 0 Å². The van der Waals surface area contributed by atoms with Crippen molar-refractivity contribution < 1.29 is 4.57 Å². The Morgan fingerprint density at radius 3 is 2.17 bits per heavy atom. The molecule has 0 fully saturated rings. The Morgan fingerprint density at radius 1 is 0.889 bits per heavy atom. The Bertz CT molecular complexity index is 592. The molecule has 1 aromatic carbocycles. The lowest BCUT2D eigenvalue weighted by molar-refractivity contribution is -0.661. The van der Waals surface area contributed by atoms with Gasteiger partial charge >= 0.3 is 0 Å². The van der Waals surface area contributed by atoms with Crippen LogP contribution in [-0.4, -0.2) is 0 Å². The Morgan fingerprint density at radius 2 is 1.56 bits per heavy atom. The summed E-state index contributed by atoms with van der Waals surface area (Å²) in [5, 5.41) is 0. The molecule has 0 aliphatic heterocycles. The average molecular weight is 258 g/mol. The van der Waals surface area contributed by atoms with Crippen molar-refractivity contribution in [3.8, 4) is 11.3 Å². The van der Waals surface area contributed by atoms with Crippen LogP contribution in [0.25, 0.3) is 11.3 Å². The first kappa shape index (κ1) is 13.2. The zero-order chi connectivity index (χ0) is 13.4. The van der Waals surface area contributed by atoms with E-state index in [0.29, 0.717) is 0 Å². The summed E-state index contributed by atoms with van der Waals surface area (Å²) in [4.78, 5) is 1.05. The van der Waals surface area contributed by atoms with Gasteiger partial charge in [0.15, 0.2) is 6.20 Å². The molecule has 0 saturated carbocycles. The SMILES string of the molecule is Cc1cc(C)c(-c2cc(S)c(C)cc2C)[n+](C)c1. The molecule has 1 heterocycles. The van der Waals surface area contributed by atoms with Crippen LogP contribution in [-0.2, 0) is 7.05 Å². The molecule has 0 aliphatic carbocycles. The number of hydrogen-bond acceptors (Lipinski definition) is 1. The van der Waals surface area contributed by atoms with Gasteiger partial charge in [0, 0.05) is 16.0 Å². The number of hydrogen-bond donors (Lipinski definition) is 1. The molecular formula is C16H20NS+. The van der Waals surface area contributed by atoms with Gasteiger partial charge in [0.25, 0.3) is 0 Å². The fraction of sp³-hybridized carbons (Fsp3) is 0.312. The van der Waals surface area contributed by atoms with E-state index in [-0.39, 0.29) is 0 Å². The Hall–Kier alpha value is -1.28. The molecule has 1 nitrogen and oxygen atoms in total. The van der Waals surface area contributed by atoms with Crippen molar-refractivity contribution in [2.75, 3.05) is 0 Å². The van der Waals surface area contributed by atoms with Gasteiger partial charge in [-0.1, -0.05) is 6.07 Å². The largest absolute Gasteiger partial charge is 0.215 e. The molecule has 0 spiro atoms. The maximum Gasteiger partial charge on any atom is 0.215 e. The van der Waals surface area contributed by atoms with Crippen LogP contribution in [0.3, 0.4) is 0 Å². The Labute approximate surface area is 115 Å². The lowest BCUT2D eigenvalue weighted by Crippen LogP contribution is -2.32. The van der Waals surface area contributed by atoms with E-state index in [1.54, 1.807) is 0 Å². The molecule has 2 rings (SSSR count). The van der Waals surface area contributed by atoms with Gasteiger partial charge in [-0.2, -0.15) is 0 Å². The number of benzene rings is 1. The van der Waals surface area contributed by atoms with Gasteiger partial charge in [-0.3, -0.25) is 0 Å². The first-order chi connectivity index (χ1) is 8.40. The van der Waals surface area contributed by atoms with Gasteiger partial charge in [0.05, 0.1) is 5.56 Å². The molecule has 94 valence electrons. The van der Waals surface area contributed by atoms with Crippen LogP contribution in [0, 0.1) is 27.7 Å². The first-order valence-electron chi connectivity index (χ1n) is 6.17. The minimum Gasteiger partial charge on any atom is -0.201 e. The van der Waals surface area contributed by atoms with Crippen LogP contribution in [0.1, 0.15) is 22.3 Å². The summed E-state index contributed by atoms with van der Waals surface area (Å²) in [6, 6.07) is 6.61. The third kappa shape index (κ3) is 2.30. The van der Waals surface area contributed by atoms with Gasteiger partial charge in [-0.05, 0) is 51.0 Å². The van der Waals surface area contributed by atoms with Crippen molar-refractivity contribution in [3.63, 3.8) is 0 Å². The smallest absolute Gasteiger partial charge is 0.201 e. The molecule has 0 N–H and O–H groups in total. The van der Waals surface area contributed by atoms with Crippen LogP contribution >= 0.6 is 12.6 Å². The predicted octanol–water partition coefficient (Wildman–Crippen LogP) is 3.70. The average Bonchev–Trinajstić information content (AvgIpc) is 2.24. The molecule has 0 bridgehead atoms. The van der Waals surface area contributed by atoms with E-state index >= 15 is 0 Å². The zero-order valence-corrected chi connectivity index (χ0v) is 12.6. The monoisotopic (exact) mass is 258 g/mol. The molecule has 1 aromatic heterocycles. The summed E-state index contributed by atoms with van der Waals surface area (Å²) in [5.41, 5.74) is 7.66. The minimum absolute atomic E-state index is 1.05. The Balaban J connectivity index is 2.73. The van der Waals surface area contributed by atoms with E-state index in [9.17, 15) is 0 Å². The summed E-state index contributed by atoms with van der Waals surface area (Å²) >= 11 is 4.54. The molecular weight excluding hydrogens is 238 g/mol. The van der Waals surface area contributed by atoms with E-state index in [1.165, 1.54) is 33.5 Å². The molecule has 0 aliphatic rings. The number of pyridine rings is 1. The highest BCUT2D eigenvalue weighted by Gasteiger charge is 2.17. The highest BCUT2D eigenvalue weighted by molar-refractivity contribution is 7.80. The lowest BCUT2D eigenvalue weighted by Gasteiger charge is -2.10. The van der Waals surface area contributed by atoms with Crippen molar-refractivity contribution in [1.29, 1.82) is 0 Å². The van der Waals surface area contributed by atoms with Crippen molar-refractivity contribution in [1.82, 2.24) is 0 Å². The van der Waals surface area contributed by atoms with Gasteiger partial charge in [-0.25, -0.2) is 4.57 Å². The van der Waals surface area contributed by atoms with E-state index in [0.717, 1.165) is 4.90 Å². The van der Waals surface area contributed by atoms with Crippen LogP contribution in [0.2, 0.25) is 0 Å². The molecule has 0 saturated heterocycles. The second kappa shape index (κ2) is 4.77. The van der Waals surface area contributed by atoms with E-state index < -0.39 is 0 Å². The summed E-state index contributed by atoms with van der Waals surface area (Å²) in [6.45, 7) is 8.55. The van der Waals surface area contributed by atoms with Crippen LogP contribution in [0.4, 0.5) is 0 Å². The molecule has 0 radical (unpaired) electrons. The molecule has 18 heavy (non-hydrogen) atoms. The first-order valence-corrected chi connectivity index (χ1v) is 6.62. The lowest BCUT2D eigenvalue weighted by atomic mass is 9.98. The summed E-state index contributed by atoms with van der Waals surface area (Å²) in [5.74, 6) is 0. The second-order valence-corrected chi connectivity index (χ2v) is 5.60. The van der Waals surface area contributed by atoms with Crippen molar-refractivity contribution in [3.05, 3.63) is 46.6 Å². The van der Waals surface area contributed by atoms with Gasteiger partial charge in [0.1, 0.15) is 7.05 Å². The second-order valence-electron chi connectivity index (χ2n) is 5.11. The molecule has 0 amide bonds. The van der Waals surface area contributed by atoms with Gasteiger partial charge in [0.2, 0.25) is 5.69 Å². The van der Waals surface area contributed by atoms with Gasteiger partial charge < -0.3 is 0 Å². The highest BCUT2D eigenvalue weighted by Crippen LogP contribution is 2.28. The molecule has 2 heteroatoms. The molecule has 2 aromatic rings.